The molecule has 0 fully saturated rings. The Morgan fingerprint density at radius 2 is 1.04 bits per heavy atom. The van der Waals surface area contributed by atoms with Gasteiger partial charge in [-0.25, -0.2) is 19.9 Å². The lowest BCUT2D eigenvalue weighted by molar-refractivity contribution is 0.590. The molecule has 0 aliphatic rings. The van der Waals surface area contributed by atoms with Crippen molar-refractivity contribution in [3.05, 3.63) is 133 Å². The van der Waals surface area contributed by atoms with Crippen LogP contribution in [0.15, 0.2) is 136 Å². The molecule has 0 amide bonds. The van der Waals surface area contributed by atoms with Gasteiger partial charge in [-0.2, -0.15) is 0 Å². The van der Waals surface area contributed by atoms with Crippen LogP contribution in [0.2, 0.25) is 0 Å². The highest BCUT2D eigenvalue weighted by atomic mass is 16.3. The third-order valence-corrected chi connectivity index (χ3v) is 8.94. The summed E-state index contributed by atoms with van der Waals surface area (Å²) in [6.45, 7) is 6.63. The van der Waals surface area contributed by atoms with E-state index in [1.165, 1.54) is 5.56 Å². The maximum absolute atomic E-state index is 6.53. The number of aromatic nitrogens is 4. The first-order valence-electron chi connectivity index (χ1n) is 16.1. The van der Waals surface area contributed by atoms with Gasteiger partial charge in [-0.1, -0.05) is 118 Å². The average molecular weight is 623 g/mol. The highest BCUT2D eigenvalue weighted by Gasteiger charge is 2.19. The van der Waals surface area contributed by atoms with E-state index >= 15 is 0 Å². The molecule has 0 radical (unpaired) electrons. The summed E-state index contributed by atoms with van der Waals surface area (Å²) in [5.74, 6) is 2.41. The summed E-state index contributed by atoms with van der Waals surface area (Å²) in [5, 5.41) is 4.18. The Hall–Kier alpha value is -6.14. The van der Waals surface area contributed by atoms with Crippen molar-refractivity contribution in [3.63, 3.8) is 0 Å². The quantitative estimate of drug-likeness (QED) is 0.194. The van der Waals surface area contributed by atoms with E-state index in [0.29, 0.717) is 23.4 Å². The molecule has 0 N–H and O–H groups in total. The van der Waals surface area contributed by atoms with Gasteiger partial charge in [0.05, 0.1) is 0 Å². The molecule has 0 saturated heterocycles. The van der Waals surface area contributed by atoms with E-state index in [2.05, 4.69) is 63.2 Å². The first-order chi connectivity index (χ1) is 23.4. The summed E-state index contributed by atoms with van der Waals surface area (Å²) in [5.41, 5.74) is 8.16. The molecule has 6 aromatic carbocycles. The monoisotopic (exact) mass is 622 g/mol. The standard InChI is InChI=1S/C42H30N4O2/c1-42(2,3)30-21-17-28(18-22-30)40-45-38(26-9-5-4-6-10-26)44-39(46-40)27-13-15-29(16-14-27)41-43-32-23-19-25-20-24-34-36(35(25)37(32)48-41)31-11-7-8-12-33(31)47-34/h4-24H,1-3H3. The maximum atomic E-state index is 6.53. The first kappa shape index (κ1) is 28.1. The van der Waals surface area contributed by atoms with Gasteiger partial charge in [-0.3, -0.25) is 0 Å². The molecular weight excluding hydrogens is 592 g/mol. The summed E-state index contributed by atoms with van der Waals surface area (Å²) < 4.78 is 12.7. The van der Waals surface area contributed by atoms with Crippen molar-refractivity contribution in [2.75, 3.05) is 0 Å². The van der Waals surface area contributed by atoms with Gasteiger partial charge in [0.2, 0.25) is 5.89 Å². The largest absolute Gasteiger partial charge is 0.456 e. The lowest BCUT2D eigenvalue weighted by atomic mass is 9.87. The average Bonchev–Trinajstić information content (AvgIpc) is 3.74. The second kappa shape index (κ2) is 10.7. The number of furan rings is 1. The molecule has 9 rings (SSSR count). The first-order valence-corrected chi connectivity index (χ1v) is 16.1. The van der Waals surface area contributed by atoms with Crippen molar-refractivity contribution >= 4 is 43.8 Å². The van der Waals surface area contributed by atoms with E-state index in [4.69, 9.17) is 28.8 Å². The third-order valence-electron chi connectivity index (χ3n) is 8.94. The molecule has 6 nitrogen and oxygen atoms in total. The van der Waals surface area contributed by atoms with Crippen LogP contribution in [0, 0.1) is 0 Å². The molecule has 9 aromatic rings. The number of para-hydroxylation sites is 1. The number of fused-ring (bicyclic) bond motifs is 7. The molecule has 6 heteroatoms. The lowest BCUT2D eigenvalue weighted by Crippen LogP contribution is -2.10. The molecule has 3 aromatic heterocycles. The van der Waals surface area contributed by atoms with Gasteiger partial charge in [0.25, 0.3) is 0 Å². The van der Waals surface area contributed by atoms with Crippen LogP contribution in [0.5, 0.6) is 0 Å². The lowest BCUT2D eigenvalue weighted by Gasteiger charge is -2.19. The van der Waals surface area contributed by atoms with Crippen LogP contribution < -0.4 is 0 Å². The van der Waals surface area contributed by atoms with Gasteiger partial charge in [0, 0.05) is 38.4 Å². The topological polar surface area (TPSA) is 77.8 Å². The smallest absolute Gasteiger partial charge is 0.227 e. The van der Waals surface area contributed by atoms with Crippen molar-refractivity contribution in [1.82, 2.24) is 19.9 Å². The Morgan fingerprint density at radius 1 is 0.458 bits per heavy atom. The van der Waals surface area contributed by atoms with Gasteiger partial charge in [-0.05, 0) is 46.7 Å². The van der Waals surface area contributed by atoms with Crippen molar-refractivity contribution in [3.8, 4) is 45.6 Å². The minimum absolute atomic E-state index is 0.0569. The Morgan fingerprint density at radius 3 is 1.73 bits per heavy atom. The van der Waals surface area contributed by atoms with Crippen LogP contribution in [0.25, 0.3) is 89.4 Å². The zero-order chi connectivity index (χ0) is 32.4. The molecule has 48 heavy (non-hydrogen) atoms. The van der Waals surface area contributed by atoms with Crippen molar-refractivity contribution < 1.29 is 8.83 Å². The Kier molecular flexibility index (Phi) is 6.27. The van der Waals surface area contributed by atoms with Crippen molar-refractivity contribution in [2.45, 2.75) is 26.2 Å². The van der Waals surface area contributed by atoms with Gasteiger partial charge in [0.15, 0.2) is 23.1 Å². The zero-order valence-electron chi connectivity index (χ0n) is 26.7. The van der Waals surface area contributed by atoms with Gasteiger partial charge in [0.1, 0.15) is 16.7 Å². The molecule has 0 atom stereocenters. The predicted molar refractivity (Wildman–Crippen MR) is 193 cm³/mol. The van der Waals surface area contributed by atoms with Crippen molar-refractivity contribution in [1.29, 1.82) is 0 Å². The molecule has 0 aliphatic carbocycles. The number of rotatable bonds is 4. The predicted octanol–water partition coefficient (Wildman–Crippen LogP) is 11.0. The molecule has 0 saturated carbocycles. The molecule has 0 aliphatic heterocycles. The van der Waals surface area contributed by atoms with E-state index < -0.39 is 0 Å². The molecule has 3 heterocycles. The van der Waals surface area contributed by atoms with Crippen LogP contribution in [-0.2, 0) is 5.41 Å². The van der Waals surface area contributed by atoms with E-state index in [-0.39, 0.29) is 5.41 Å². The van der Waals surface area contributed by atoms with E-state index in [1.807, 2.05) is 84.9 Å². The molecule has 0 unspecified atom stereocenters. The molecular formula is C42H30N4O2. The molecule has 0 bridgehead atoms. The summed E-state index contributed by atoms with van der Waals surface area (Å²) in [6, 6.07) is 42.9. The highest BCUT2D eigenvalue weighted by molar-refractivity contribution is 6.25. The molecule has 0 spiro atoms. The summed E-state index contributed by atoms with van der Waals surface area (Å²) in [7, 11) is 0. The highest BCUT2D eigenvalue weighted by Crippen LogP contribution is 2.39. The van der Waals surface area contributed by atoms with Gasteiger partial charge < -0.3 is 8.83 Å². The zero-order valence-corrected chi connectivity index (χ0v) is 26.7. The number of hydrogen-bond acceptors (Lipinski definition) is 6. The second-order valence-corrected chi connectivity index (χ2v) is 13.1. The van der Waals surface area contributed by atoms with E-state index in [9.17, 15) is 0 Å². The Balaban J connectivity index is 1.13. The van der Waals surface area contributed by atoms with Crippen LogP contribution in [-0.4, -0.2) is 19.9 Å². The SMILES string of the molecule is CC(C)(C)c1ccc(-c2nc(-c3ccccc3)nc(-c3ccc(-c4nc5ccc6ccc7oc8ccccc8c7c6c5o4)cc3)n2)cc1. The van der Waals surface area contributed by atoms with E-state index in [1.54, 1.807) is 0 Å². The fraction of sp³-hybridized carbons (Fsp3) is 0.0952. The van der Waals surface area contributed by atoms with Crippen LogP contribution in [0.4, 0.5) is 0 Å². The Labute approximate surface area is 276 Å². The second-order valence-electron chi connectivity index (χ2n) is 13.1. The Bertz CT molecular complexity index is 2630. The van der Waals surface area contributed by atoms with Crippen molar-refractivity contribution in [2.24, 2.45) is 0 Å². The number of benzene rings is 6. The van der Waals surface area contributed by atoms with Crippen LogP contribution in [0.3, 0.4) is 0 Å². The van der Waals surface area contributed by atoms with Gasteiger partial charge >= 0.3 is 0 Å². The fourth-order valence-corrected chi connectivity index (χ4v) is 6.36. The summed E-state index contributed by atoms with van der Waals surface area (Å²) in [6.07, 6.45) is 0. The van der Waals surface area contributed by atoms with Crippen LogP contribution in [0.1, 0.15) is 26.3 Å². The summed E-state index contributed by atoms with van der Waals surface area (Å²) in [4.78, 5) is 19.6. The van der Waals surface area contributed by atoms with Crippen LogP contribution >= 0.6 is 0 Å². The van der Waals surface area contributed by atoms with E-state index in [0.717, 1.165) is 66.1 Å². The minimum Gasteiger partial charge on any atom is -0.456 e. The van der Waals surface area contributed by atoms with Gasteiger partial charge in [-0.15, -0.1) is 0 Å². The molecule has 230 valence electrons. The summed E-state index contributed by atoms with van der Waals surface area (Å²) >= 11 is 0. The third kappa shape index (κ3) is 4.73. The number of hydrogen-bond donors (Lipinski definition) is 0. The fourth-order valence-electron chi connectivity index (χ4n) is 6.36. The normalized spacial score (nSPS) is 12.1. The number of oxazole rings is 1. The minimum atomic E-state index is 0.0569. The number of nitrogens with zero attached hydrogens (tertiary/aromatic N) is 4. The maximum Gasteiger partial charge on any atom is 0.227 e.